The zero-order valence-electron chi connectivity index (χ0n) is 21.5. The quantitative estimate of drug-likeness (QED) is 0.313. The molecule has 0 saturated carbocycles. The van der Waals surface area contributed by atoms with E-state index < -0.39 is 0 Å². The number of hydrogen-bond donors (Lipinski definition) is 2. The Morgan fingerprint density at radius 1 is 0.895 bits per heavy atom. The summed E-state index contributed by atoms with van der Waals surface area (Å²) in [5, 5.41) is 7.66. The molecule has 9 heteroatoms. The molecule has 2 aromatic carbocycles. The van der Waals surface area contributed by atoms with Gasteiger partial charge in [0.1, 0.15) is 23.0 Å². The lowest BCUT2D eigenvalue weighted by Crippen LogP contribution is -2.36. The molecule has 4 heterocycles. The Hall–Kier alpha value is -4.37. The van der Waals surface area contributed by atoms with Gasteiger partial charge in [0.2, 0.25) is 0 Å². The predicted molar refractivity (Wildman–Crippen MR) is 147 cm³/mol. The summed E-state index contributed by atoms with van der Waals surface area (Å²) in [6.07, 6.45) is 3.57. The number of aromatic nitrogens is 5. The van der Waals surface area contributed by atoms with Gasteiger partial charge in [-0.25, -0.2) is 9.97 Å². The maximum Gasteiger partial charge on any atom is 0.159 e. The number of hydrogen-bond acceptors (Lipinski definition) is 7. The molecule has 9 nitrogen and oxygen atoms in total. The van der Waals surface area contributed by atoms with Crippen molar-refractivity contribution in [3.8, 4) is 34.1 Å². The molecule has 0 bridgehead atoms. The van der Waals surface area contributed by atoms with Crippen LogP contribution in [0.25, 0.3) is 33.7 Å². The molecule has 0 unspecified atom stereocenters. The lowest BCUT2D eigenvalue weighted by atomic mass is 10.1. The van der Waals surface area contributed by atoms with Crippen molar-refractivity contribution in [2.24, 2.45) is 0 Å². The molecule has 194 valence electrons. The second-order valence-corrected chi connectivity index (χ2v) is 9.32. The van der Waals surface area contributed by atoms with Crippen molar-refractivity contribution >= 4 is 16.9 Å². The first kappa shape index (κ1) is 24.0. The molecular formula is C29H30N6O3. The highest BCUT2D eigenvalue weighted by atomic mass is 16.5. The lowest BCUT2D eigenvalue weighted by Gasteiger charge is -2.27. The van der Waals surface area contributed by atoms with Crippen LogP contribution in [0, 0.1) is 0 Å². The smallest absolute Gasteiger partial charge is 0.159 e. The van der Waals surface area contributed by atoms with E-state index in [-0.39, 0.29) is 0 Å². The Balaban J connectivity index is 1.16. The molecule has 1 saturated heterocycles. The number of morpholine rings is 1. The van der Waals surface area contributed by atoms with E-state index in [9.17, 15) is 0 Å². The lowest BCUT2D eigenvalue weighted by molar-refractivity contribution is 0.122. The topological polar surface area (TPSA) is 101 Å². The molecule has 0 amide bonds. The van der Waals surface area contributed by atoms with Gasteiger partial charge in [-0.2, -0.15) is 5.10 Å². The number of aromatic amines is 2. The first-order valence-corrected chi connectivity index (χ1v) is 12.7. The molecule has 38 heavy (non-hydrogen) atoms. The number of rotatable bonds is 8. The second-order valence-electron chi connectivity index (χ2n) is 9.32. The standard InChI is InChI=1S/C29H30N6O3/c1-36-23-13-19(14-24(17-23)37-2)3-6-22-16-27(34-33-22)29-31-25-7-4-20(15-26(25)32-29)21-5-8-28(30-18-21)35-9-11-38-12-10-35/h4-5,7-8,13-18H,3,6,9-12H2,1-2H3,(H,31,32)(H,33,34). The predicted octanol–water partition coefficient (Wildman–Crippen LogP) is 4.65. The van der Waals surface area contributed by atoms with E-state index >= 15 is 0 Å². The van der Waals surface area contributed by atoms with Gasteiger partial charge in [0.25, 0.3) is 0 Å². The van der Waals surface area contributed by atoms with Crippen LogP contribution in [0.4, 0.5) is 5.82 Å². The molecule has 0 spiro atoms. The van der Waals surface area contributed by atoms with Crippen LogP contribution in [-0.2, 0) is 17.6 Å². The van der Waals surface area contributed by atoms with E-state index in [2.05, 4.69) is 55.4 Å². The molecule has 0 radical (unpaired) electrons. The summed E-state index contributed by atoms with van der Waals surface area (Å²) in [4.78, 5) is 15.2. The number of methoxy groups -OCH3 is 2. The molecular weight excluding hydrogens is 480 g/mol. The summed E-state index contributed by atoms with van der Waals surface area (Å²) in [6, 6.07) is 18.4. The number of H-pyrrole nitrogens is 2. The summed E-state index contributed by atoms with van der Waals surface area (Å²) in [5.41, 5.74) is 6.96. The van der Waals surface area contributed by atoms with E-state index in [1.54, 1.807) is 14.2 Å². The number of imidazole rings is 1. The monoisotopic (exact) mass is 510 g/mol. The van der Waals surface area contributed by atoms with Crippen LogP contribution < -0.4 is 14.4 Å². The molecule has 1 aliphatic rings. The Kier molecular flexibility index (Phi) is 6.66. The molecule has 1 fully saturated rings. The molecule has 3 aromatic heterocycles. The van der Waals surface area contributed by atoms with Gasteiger partial charge < -0.3 is 24.1 Å². The van der Waals surface area contributed by atoms with Crippen molar-refractivity contribution < 1.29 is 14.2 Å². The average molecular weight is 511 g/mol. The van der Waals surface area contributed by atoms with Crippen molar-refractivity contribution in [3.05, 3.63) is 72.1 Å². The molecule has 5 aromatic rings. The van der Waals surface area contributed by atoms with Gasteiger partial charge in [-0.05, 0) is 66.4 Å². The molecule has 2 N–H and O–H groups in total. The van der Waals surface area contributed by atoms with Gasteiger partial charge in [0, 0.05) is 36.6 Å². The number of aryl methyl sites for hydroxylation is 2. The van der Waals surface area contributed by atoms with Crippen molar-refractivity contribution in [2.75, 3.05) is 45.4 Å². The van der Waals surface area contributed by atoms with E-state index in [0.29, 0.717) is 0 Å². The molecule has 6 rings (SSSR count). The van der Waals surface area contributed by atoms with Gasteiger partial charge in [-0.1, -0.05) is 6.07 Å². The van der Waals surface area contributed by atoms with Crippen molar-refractivity contribution in [2.45, 2.75) is 12.8 Å². The minimum absolute atomic E-state index is 0.739. The summed E-state index contributed by atoms with van der Waals surface area (Å²) in [6.45, 7) is 3.24. The highest BCUT2D eigenvalue weighted by molar-refractivity contribution is 5.84. The van der Waals surface area contributed by atoms with Crippen LogP contribution in [0.3, 0.4) is 0 Å². The summed E-state index contributed by atoms with van der Waals surface area (Å²) in [7, 11) is 3.32. The van der Waals surface area contributed by atoms with Gasteiger partial charge in [-0.3, -0.25) is 5.10 Å². The average Bonchev–Trinajstić information content (AvgIpc) is 3.63. The number of nitrogens with one attached hydrogen (secondary N) is 2. The molecule has 0 atom stereocenters. The van der Waals surface area contributed by atoms with E-state index in [1.807, 2.05) is 30.5 Å². The third-order valence-electron chi connectivity index (χ3n) is 6.87. The highest BCUT2D eigenvalue weighted by Crippen LogP contribution is 2.27. The normalized spacial score (nSPS) is 13.7. The van der Waals surface area contributed by atoms with Crippen molar-refractivity contribution in [1.29, 1.82) is 0 Å². The first-order chi connectivity index (χ1) is 18.7. The van der Waals surface area contributed by atoms with Crippen molar-refractivity contribution in [1.82, 2.24) is 25.1 Å². The summed E-state index contributed by atoms with van der Waals surface area (Å²) in [5.74, 6) is 3.30. The summed E-state index contributed by atoms with van der Waals surface area (Å²) >= 11 is 0. The van der Waals surface area contributed by atoms with Crippen LogP contribution in [0.15, 0.2) is 60.8 Å². The Bertz CT molecular complexity index is 1510. The fraction of sp³-hybridized carbons (Fsp3) is 0.276. The van der Waals surface area contributed by atoms with Crippen LogP contribution >= 0.6 is 0 Å². The number of fused-ring (bicyclic) bond motifs is 1. The number of benzene rings is 2. The van der Waals surface area contributed by atoms with E-state index in [1.165, 1.54) is 0 Å². The van der Waals surface area contributed by atoms with Crippen LogP contribution in [0.2, 0.25) is 0 Å². The van der Waals surface area contributed by atoms with Gasteiger partial charge >= 0.3 is 0 Å². The van der Waals surface area contributed by atoms with Crippen LogP contribution in [0.1, 0.15) is 11.3 Å². The Labute approximate surface area is 220 Å². The minimum Gasteiger partial charge on any atom is -0.497 e. The Morgan fingerprint density at radius 3 is 2.42 bits per heavy atom. The van der Waals surface area contributed by atoms with E-state index in [4.69, 9.17) is 19.2 Å². The van der Waals surface area contributed by atoms with Crippen LogP contribution in [-0.4, -0.2) is 65.7 Å². The van der Waals surface area contributed by atoms with Gasteiger partial charge in [-0.15, -0.1) is 0 Å². The number of nitrogens with zero attached hydrogens (tertiary/aromatic N) is 4. The third kappa shape index (κ3) is 5.05. The zero-order valence-corrected chi connectivity index (χ0v) is 21.5. The second kappa shape index (κ2) is 10.5. The molecule has 0 aliphatic carbocycles. The fourth-order valence-electron chi connectivity index (χ4n) is 4.74. The van der Waals surface area contributed by atoms with Gasteiger partial charge in [0.05, 0.1) is 38.5 Å². The highest BCUT2D eigenvalue weighted by Gasteiger charge is 2.14. The number of pyridine rings is 1. The first-order valence-electron chi connectivity index (χ1n) is 12.7. The Morgan fingerprint density at radius 2 is 1.68 bits per heavy atom. The van der Waals surface area contributed by atoms with E-state index in [0.717, 1.165) is 101 Å². The maximum absolute atomic E-state index is 5.44. The van der Waals surface area contributed by atoms with Crippen molar-refractivity contribution in [3.63, 3.8) is 0 Å². The SMILES string of the molecule is COc1cc(CCc2cc(-c3nc4cc(-c5ccc(N6CCOCC6)nc5)ccc4[nH]3)n[nH]2)cc(OC)c1. The van der Waals surface area contributed by atoms with Gasteiger partial charge in [0.15, 0.2) is 5.82 Å². The number of anilines is 1. The fourth-order valence-corrected chi connectivity index (χ4v) is 4.74. The third-order valence-corrected chi connectivity index (χ3v) is 6.87. The molecule has 1 aliphatic heterocycles. The summed E-state index contributed by atoms with van der Waals surface area (Å²) < 4.78 is 16.2. The zero-order chi connectivity index (χ0) is 25.9. The maximum atomic E-state index is 5.44. The number of ether oxygens (including phenoxy) is 3. The minimum atomic E-state index is 0.739. The largest absolute Gasteiger partial charge is 0.497 e. The van der Waals surface area contributed by atoms with Crippen LogP contribution in [0.5, 0.6) is 11.5 Å².